The molecule has 0 aliphatic heterocycles. The minimum Gasteiger partial charge on any atom is -0.496 e. The maximum absolute atomic E-state index is 13.3. The first kappa shape index (κ1) is 23.2. The van der Waals surface area contributed by atoms with Crippen LogP contribution in [0.1, 0.15) is 29.8 Å². The highest BCUT2D eigenvalue weighted by Crippen LogP contribution is 2.27. The van der Waals surface area contributed by atoms with Crippen molar-refractivity contribution in [1.82, 2.24) is 0 Å². The number of aryl methyl sites for hydroxylation is 1. The number of nitrogens with zero attached hydrogens (tertiary/aromatic N) is 1. The number of carbonyl (C=O) groups is 2. The van der Waals surface area contributed by atoms with Crippen molar-refractivity contribution in [3.63, 3.8) is 0 Å². The fourth-order valence-electron chi connectivity index (χ4n) is 2.76. The second kappa shape index (κ2) is 10.1. The van der Waals surface area contributed by atoms with E-state index in [2.05, 4.69) is 0 Å². The summed E-state index contributed by atoms with van der Waals surface area (Å²) in [6.45, 7) is 4.88. The minimum atomic E-state index is -4.10. The molecule has 0 aliphatic rings. The van der Waals surface area contributed by atoms with Crippen molar-refractivity contribution in [3.05, 3.63) is 53.6 Å². The summed E-state index contributed by atoms with van der Waals surface area (Å²) in [6.07, 6.45) is 0. The van der Waals surface area contributed by atoms with E-state index >= 15 is 0 Å². The summed E-state index contributed by atoms with van der Waals surface area (Å²) in [5.74, 6) is -0.667. The second-order valence-corrected chi connectivity index (χ2v) is 8.08. The van der Waals surface area contributed by atoms with E-state index in [-0.39, 0.29) is 29.4 Å². The van der Waals surface area contributed by atoms with Crippen LogP contribution in [-0.2, 0) is 24.3 Å². The average Bonchev–Trinajstić information content (AvgIpc) is 2.72. The number of hydrogen-bond donors (Lipinski definition) is 0. The molecule has 0 fully saturated rings. The quantitative estimate of drug-likeness (QED) is 0.558. The molecule has 2 aromatic rings. The van der Waals surface area contributed by atoms with Crippen LogP contribution in [0, 0.1) is 6.92 Å². The molecule has 0 atom stereocenters. The zero-order chi connectivity index (χ0) is 22.3. The molecule has 0 aliphatic carbocycles. The van der Waals surface area contributed by atoms with E-state index in [9.17, 15) is 18.0 Å². The van der Waals surface area contributed by atoms with Crippen LogP contribution in [0.4, 0.5) is 5.69 Å². The third-order valence-corrected chi connectivity index (χ3v) is 5.97. The lowest BCUT2D eigenvalue weighted by molar-refractivity contribution is -0.141. The van der Waals surface area contributed by atoms with Crippen LogP contribution in [0.3, 0.4) is 0 Å². The lowest BCUT2D eigenvalue weighted by Crippen LogP contribution is -2.36. The predicted octanol–water partition coefficient (Wildman–Crippen LogP) is 2.94. The Morgan fingerprint density at radius 3 is 2.13 bits per heavy atom. The van der Waals surface area contributed by atoms with Gasteiger partial charge in [0.2, 0.25) is 0 Å². The molecule has 0 aromatic heterocycles. The van der Waals surface area contributed by atoms with Gasteiger partial charge in [-0.1, -0.05) is 0 Å². The van der Waals surface area contributed by atoms with E-state index < -0.39 is 28.5 Å². The number of methoxy groups -OCH3 is 1. The highest BCUT2D eigenvalue weighted by atomic mass is 32.2. The van der Waals surface area contributed by atoms with Gasteiger partial charge in [-0.15, -0.1) is 0 Å². The second-order valence-electron chi connectivity index (χ2n) is 6.22. The summed E-state index contributed by atoms with van der Waals surface area (Å²) in [7, 11) is -2.60. The number of esters is 2. The predicted molar refractivity (Wildman–Crippen MR) is 111 cm³/mol. The third-order valence-electron chi connectivity index (χ3n) is 4.20. The standard InChI is InChI=1S/C21H25NO7S/c1-5-28-20(23)14-22(17-9-7-16(8-10-17)21(24)29-6-2)30(25,26)18-11-12-19(27-4)15(3)13-18/h7-13H,5-6,14H2,1-4H3. The van der Waals surface area contributed by atoms with Gasteiger partial charge in [0.1, 0.15) is 12.3 Å². The normalized spacial score (nSPS) is 10.9. The van der Waals surface area contributed by atoms with Crippen LogP contribution in [0.5, 0.6) is 5.75 Å². The van der Waals surface area contributed by atoms with E-state index in [4.69, 9.17) is 14.2 Å². The largest absolute Gasteiger partial charge is 0.496 e. The highest BCUT2D eigenvalue weighted by Gasteiger charge is 2.28. The first-order valence-corrected chi connectivity index (χ1v) is 10.8. The maximum atomic E-state index is 13.3. The summed E-state index contributed by atoms with van der Waals surface area (Å²) >= 11 is 0. The fraction of sp³-hybridized carbons (Fsp3) is 0.333. The topological polar surface area (TPSA) is 99.2 Å². The molecule has 0 amide bonds. The number of anilines is 1. The van der Waals surface area contributed by atoms with Gasteiger partial charge in [0.05, 0.1) is 36.5 Å². The first-order valence-electron chi connectivity index (χ1n) is 9.34. The van der Waals surface area contributed by atoms with Crippen molar-refractivity contribution >= 4 is 27.6 Å². The molecule has 0 bridgehead atoms. The van der Waals surface area contributed by atoms with Crippen molar-refractivity contribution in [2.24, 2.45) is 0 Å². The summed E-state index contributed by atoms with van der Waals surface area (Å²) in [5.41, 5.74) is 1.12. The monoisotopic (exact) mass is 435 g/mol. The average molecular weight is 435 g/mol. The maximum Gasteiger partial charge on any atom is 0.338 e. The van der Waals surface area contributed by atoms with Gasteiger partial charge >= 0.3 is 11.9 Å². The molecule has 0 saturated heterocycles. The van der Waals surface area contributed by atoms with Gasteiger partial charge in [-0.2, -0.15) is 0 Å². The van der Waals surface area contributed by atoms with Crippen LogP contribution < -0.4 is 9.04 Å². The number of carbonyl (C=O) groups excluding carboxylic acids is 2. The van der Waals surface area contributed by atoms with Gasteiger partial charge in [-0.25, -0.2) is 13.2 Å². The smallest absolute Gasteiger partial charge is 0.338 e. The molecule has 0 saturated carbocycles. The lowest BCUT2D eigenvalue weighted by Gasteiger charge is -2.24. The zero-order valence-electron chi connectivity index (χ0n) is 17.4. The van der Waals surface area contributed by atoms with Gasteiger partial charge in [0.25, 0.3) is 10.0 Å². The molecule has 30 heavy (non-hydrogen) atoms. The van der Waals surface area contributed by atoms with Gasteiger partial charge in [0, 0.05) is 0 Å². The van der Waals surface area contributed by atoms with Gasteiger partial charge in [-0.3, -0.25) is 9.10 Å². The Kier molecular flexibility index (Phi) is 7.82. The van der Waals surface area contributed by atoms with Gasteiger partial charge in [-0.05, 0) is 68.8 Å². The fourth-order valence-corrected chi connectivity index (χ4v) is 4.25. The summed E-state index contributed by atoms with van der Waals surface area (Å²) in [6, 6.07) is 10.2. The molecule has 0 unspecified atom stereocenters. The Hall–Kier alpha value is -3.07. The van der Waals surface area contributed by atoms with E-state index in [1.807, 2.05) is 0 Å². The Morgan fingerprint density at radius 1 is 0.967 bits per heavy atom. The minimum absolute atomic E-state index is 0.000400. The summed E-state index contributed by atoms with van der Waals surface area (Å²) in [5, 5.41) is 0. The molecule has 0 spiro atoms. The Morgan fingerprint density at radius 2 is 1.60 bits per heavy atom. The van der Waals surface area contributed by atoms with Crippen molar-refractivity contribution in [1.29, 1.82) is 0 Å². The number of ether oxygens (including phenoxy) is 3. The summed E-state index contributed by atoms with van der Waals surface area (Å²) in [4.78, 5) is 24.0. The van der Waals surface area contributed by atoms with Crippen molar-refractivity contribution in [2.75, 3.05) is 31.2 Å². The third kappa shape index (κ3) is 5.29. The Bertz CT molecular complexity index is 1000. The molecule has 0 N–H and O–H groups in total. The number of sulfonamides is 1. The molecule has 0 radical (unpaired) electrons. The Balaban J connectivity index is 2.47. The molecule has 2 aromatic carbocycles. The van der Waals surface area contributed by atoms with Crippen LogP contribution in [0.2, 0.25) is 0 Å². The first-order chi connectivity index (χ1) is 14.2. The SMILES string of the molecule is CCOC(=O)CN(c1ccc(C(=O)OCC)cc1)S(=O)(=O)c1ccc(OC)c(C)c1. The highest BCUT2D eigenvalue weighted by molar-refractivity contribution is 7.92. The molecular formula is C21H25NO7S. The number of benzene rings is 2. The lowest BCUT2D eigenvalue weighted by atomic mass is 10.2. The van der Waals surface area contributed by atoms with Gasteiger partial charge in [0.15, 0.2) is 0 Å². The van der Waals surface area contributed by atoms with Crippen LogP contribution >= 0.6 is 0 Å². The van der Waals surface area contributed by atoms with Crippen LogP contribution in [-0.4, -0.2) is 47.2 Å². The van der Waals surface area contributed by atoms with Crippen molar-refractivity contribution in [2.45, 2.75) is 25.7 Å². The molecule has 2 rings (SSSR count). The van der Waals surface area contributed by atoms with E-state index in [1.54, 1.807) is 26.8 Å². The van der Waals surface area contributed by atoms with Crippen LogP contribution in [0.15, 0.2) is 47.4 Å². The van der Waals surface area contributed by atoms with E-state index in [0.717, 1.165) is 4.31 Å². The number of hydrogen-bond acceptors (Lipinski definition) is 7. The van der Waals surface area contributed by atoms with E-state index in [0.29, 0.717) is 11.3 Å². The van der Waals surface area contributed by atoms with Crippen molar-refractivity contribution < 1.29 is 32.2 Å². The van der Waals surface area contributed by atoms with Crippen LogP contribution in [0.25, 0.3) is 0 Å². The molecule has 9 heteroatoms. The molecular weight excluding hydrogens is 410 g/mol. The van der Waals surface area contributed by atoms with Crippen molar-refractivity contribution in [3.8, 4) is 5.75 Å². The molecule has 0 heterocycles. The van der Waals surface area contributed by atoms with Gasteiger partial charge < -0.3 is 14.2 Å². The summed E-state index contributed by atoms with van der Waals surface area (Å²) < 4.78 is 42.7. The Labute approximate surface area is 176 Å². The molecule has 162 valence electrons. The number of rotatable bonds is 9. The molecule has 8 nitrogen and oxygen atoms in total. The zero-order valence-corrected chi connectivity index (χ0v) is 18.2. The van der Waals surface area contributed by atoms with E-state index in [1.165, 1.54) is 43.5 Å².